The van der Waals surface area contributed by atoms with Gasteiger partial charge >= 0.3 is 0 Å². The van der Waals surface area contributed by atoms with Crippen LogP contribution in [-0.4, -0.2) is 54.4 Å². The third-order valence-corrected chi connectivity index (χ3v) is 8.66. The predicted octanol–water partition coefficient (Wildman–Crippen LogP) is 2.11. The van der Waals surface area contributed by atoms with Crippen LogP contribution >= 0.6 is 0 Å². The van der Waals surface area contributed by atoms with E-state index in [1.54, 1.807) is 23.1 Å². The molecule has 1 amide bonds. The van der Waals surface area contributed by atoms with Gasteiger partial charge < -0.3 is 9.64 Å². The standard InChI is InChI=1S/C22H23N3O4S/c1-16-4-2-7-20(24-16)13-29-12-19-8-9-30(27,28)22(19)14-25(15-22)21(26)18-6-3-5-17(10-18)11-23/h2-7,10,19H,8-9,12-15H2,1H3/t19-/m1/s1. The second-order valence-corrected chi connectivity index (χ2v) is 10.5. The summed E-state index contributed by atoms with van der Waals surface area (Å²) >= 11 is 0. The number of nitrogens with zero attached hydrogens (tertiary/aromatic N) is 3. The molecule has 3 heterocycles. The van der Waals surface area contributed by atoms with Gasteiger partial charge in [0, 0.05) is 30.3 Å². The molecule has 0 bridgehead atoms. The Kier molecular flexibility index (Phi) is 5.35. The Morgan fingerprint density at radius 2 is 2.07 bits per heavy atom. The second-order valence-electron chi connectivity index (χ2n) is 8.01. The summed E-state index contributed by atoms with van der Waals surface area (Å²) in [5.41, 5.74) is 2.52. The molecule has 0 saturated carbocycles. The minimum Gasteiger partial charge on any atom is -0.375 e. The third-order valence-electron chi connectivity index (χ3n) is 6.06. The molecule has 156 valence electrons. The van der Waals surface area contributed by atoms with Gasteiger partial charge in [-0.15, -0.1) is 0 Å². The quantitative estimate of drug-likeness (QED) is 0.727. The average molecular weight is 426 g/mol. The lowest BCUT2D eigenvalue weighted by Gasteiger charge is -2.49. The maximum atomic E-state index is 12.8. The largest absolute Gasteiger partial charge is 0.375 e. The number of aryl methyl sites for hydroxylation is 1. The minimum atomic E-state index is -3.30. The first kappa shape index (κ1) is 20.5. The number of aromatic nitrogens is 1. The van der Waals surface area contributed by atoms with Gasteiger partial charge in [0.15, 0.2) is 9.84 Å². The van der Waals surface area contributed by atoms with Gasteiger partial charge in [0.1, 0.15) is 4.75 Å². The fraction of sp³-hybridized carbons (Fsp3) is 0.409. The molecule has 0 unspecified atom stereocenters. The molecule has 2 fully saturated rings. The van der Waals surface area contributed by atoms with Crippen molar-refractivity contribution in [3.8, 4) is 6.07 Å². The van der Waals surface area contributed by atoms with Gasteiger partial charge in [0.2, 0.25) is 0 Å². The van der Waals surface area contributed by atoms with E-state index in [9.17, 15) is 13.2 Å². The Morgan fingerprint density at radius 1 is 1.30 bits per heavy atom. The first-order valence-electron chi connectivity index (χ1n) is 9.87. The number of pyridine rings is 1. The van der Waals surface area contributed by atoms with Crippen LogP contribution in [-0.2, 0) is 21.2 Å². The van der Waals surface area contributed by atoms with Gasteiger partial charge in [0.25, 0.3) is 5.91 Å². The number of amides is 1. The van der Waals surface area contributed by atoms with Crippen molar-refractivity contribution in [1.29, 1.82) is 5.26 Å². The monoisotopic (exact) mass is 425 g/mol. The van der Waals surface area contributed by atoms with Crippen molar-refractivity contribution in [1.82, 2.24) is 9.88 Å². The number of rotatable bonds is 5. The topological polar surface area (TPSA) is 100 Å². The van der Waals surface area contributed by atoms with E-state index in [2.05, 4.69) is 4.98 Å². The summed E-state index contributed by atoms with van der Waals surface area (Å²) in [4.78, 5) is 18.7. The van der Waals surface area contributed by atoms with Crippen molar-refractivity contribution in [3.63, 3.8) is 0 Å². The number of carbonyl (C=O) groups is 1. The van der Waals surface area contributed by atoms with Crippen LogP contribution in [0.2, 0.25) is 0 Å². The van der Waals surface area contributed by atoms with Crippen molar-refractivity contribution in [2.24, 2.45) is 5.92 Å². The summed E-state index contributed by atoms with van der Waals surface area (Å²) in [5.74, 6) is -0.277. The number of ether oxygens (including phenoxy) is 1. The molecule has 2 saturated heterocycles. The molecule has 1 aromatic carbocycles. The molecule has 4 rings (SSSR count). The molecule has 8 heteroatoms. The SMILES string of the molecule is Cc1cccc(COC[C@H]2CCS(=O)(=O)C23CN(C(=O)c2cccc(C#N)c2)C3)n1. The van der Waals surface area contributed by atoms with Crippen LogP contribution < -0.4 is 0 Å². The zero-order valence-corrected chi connectivity index (χ0v) is 17.6. The summed E-state index contributed by atoms with van der Waals surface area (Å²) < 4.78 is 30.5. The second kappa shape index (κ2) is 7.82. The normalized spacial score (nSPS) is 21.2. The molecule has 1 spiro atoms. The predicted molar refractivity (Wildman–Crippen MR) is 110 cm³/mol. The zero-order chi connectivity index (χ0) is 21.4. The van der Waals surface area contributed by atoms with Gasteiger partial charge in [-0.1, -0.05) is 12.1 Å². The van der Waals surface area contributed by atoms with E-state index >= 15 is 0 Å². The summed E-state index contributed by atoms with van der Waals surface area (Å²) in [6, 6.07) is 14.2. The molecule has 1 aromatic heterocycles. The summed E-state index contributed by atoms with van der Waals surface area (Å²) in [5, 5.41) is 9.03. The van der Waals surface area contributed by atoms with Crippen LogP contribution in [0.3, 0.4) is 0 Å². The molecule has 2 aliphatic rings. The van der Waals surface area contributed by atoms with Crippen molar-refractivity contribution in [2.45, 2.75) is 24.7 Å². The van der Waals surface area contributed by atoms with Gasteiger partial charge in [0.05, 0.1) is 36.3 Å². The van der Waals surface area contributed by atoms with Crippen molar-refractivity contribution in [3.05, 3.63) is 65.0 Å². The Balaban J connectivity index is 1.42. The van der Waals surface area contributed by atoms with E-state index in [-0.39, 0.29) is 30.7 Å². The number of hydrogen-bond donors (Lipinski definition) is 0. The van der Waals surface area contributed by atoms with E-state index in [4.69, 9.17) is 10.00 Å². The maximum absolute atomic E-state index is 12.8. The average Bonchev–Trinajstić information content (AvgIpc) is 2.97. The minimum absolute atomic E-state index is 0.121. The summed E-state index contributed by atoms with van der Waals surface area (Å²) in [7, 11) is -3.30. The van der Waals surface area contributed by atoms with E-state index in [0.29, 0.717) is 30.8 Å². The smallest absolute Gasteiger partial charge is 0.253 e. The van der Waals surface area contributed by atoms with Crippen LogP contribution in [0.5, 0.6) is 0 Å². The molecule has 0 radical (unpaired) electrons. The number of benzene rings is 1. The van der Waals surface area contributed by atoms with Gasteiger partial charge in [-0.25, -0.2) is 8.42 Å². The first-order chi connectivity index (χ1) is 14.3. The molecule has 0 N–H and O–H groups in total. The third kappa shape index (κ3) is 3.59. The zero-order valence-electron chi connectivity index (χ0n) is 16.7. The lowest BCUT2D eigenvalue weighted by molar-refractivity contribution is 0.0204. The highest BCUT2D eigenvalue weighted by molar-refractivity contribution is 7.93. The lowest BCUT2D eigenvalue weighted by atomic mass is 9.83. The molecular formula is C22H23N3O4S. The van der Waals surface area contributed by atoms with Crippen LogP contribution in [0.15, 0.2) is 42.5 Å². The maximum Gasteiger partial charge on any atom is 0.253 e. The molecule has 0 aliphatic carbocycles. The van der Waals surface area contributed by atoms with Crippen LogP contribution in [0.1, 0.15) is 33.7 Å². The van der Waals surface area contributed by atoms with Crippen molar-refractivity contribution in [2.75, 3.05) is 25.4 Å². The van der Waals surface area contributed by atoms with Crippen LogP contribution in [0, 0.1) is 24.2 Å². The lowest BCUT2D eigenvalue weighted by Crippen LogP contribution is -2.68. The van der Waals surface area contributed by atoms with E-state index in [1.165, 1.54) is 6.07 Å². The van der Waals surface area contributed by atoms with Gasteiger partial charge in [-0.05, 0) is 43.7 Å². The molecule has 2 aromatic rings. The Hall–Kier alpha value is -2.76. The fourth-order valence-electron chi connectivity index (χ4n) is 4.34. The Labute approximate surface area is 176 Å². The van der Waals surface area contributed by atoms with Crippen molar-refractivity contribution < 1.29 is 17.9 Å². The molecule has 1 atom stereocenters. The molecular weight excluding hydrogens is 402 g/mol. The number of carbonyl (C=O) groups excluding carboxylic acids is 1. The Bertz CT molecular complexity index is 1120. The molecule has 30 heavy (non-hydrogen) atoms. The highest BCUT2D eigenvalue weighted by Crippen LogP contribution is 2.45. The highest BCUT2D eigenvalue weighted by atomic mass is 32.2. The van der Waals surface area contributed by atoms with Crippen LogP contribution in [0.4, 0.5) is 0 Å². The van der Waals surface area contributed by atoms with E-state index < -0.39 is 14.6 Å². The summed E-state index contributed by atoms with van der Waals surface area (Å²) in [6.45, 7) is 2.90. The van der Waals surface area contributed by atoms with E-state index in [0.717, 1.165) is 11.4 Å². The number of hydrogen-bond acceptors (Lipinski definition) is 6. The van der Waals surface area contributed by atoms with Crippen molar-refractivity contribution >= 4 is 15.7 Å². The molecule has 2 aliphatic heterocycles. The number of sulfone groups is 1. The van der Waals surface area contributed by atoms with E-state index in [1.807, 2.05) is 31.2 Å². The van der Waals surface area contributed by atoms with Gasteiger partial charge in [-0.2, -0.15) is 5.26 Å². The highest BCUT2D eigenvalue weighted by Gasteiger charge is 2.62. The molecule has 7 nitrogen and oxygen atoms in total. The number of likely N-dealkylation sites (tertiary alicyclic amines) is 1. The van der Waals surface area contributed by atoms with Gasteiger partial charge in [-0.3, -0.25) is 9.78 Å². The van der Waals surface area contributed by atoms with Crippen LogP contribution in [0.25, 0.3) is 0 Å². The number of nitriles is 1. The fourth-order valence-corrected chi connectivity index (χ4v) is 6.74. The summed E-state index contributed by atoms with van der Waals surface area (Å²) in [6.07, 6.45) is 0.537. The Morgan fingerprint density at radius 3 is 2.80 bits per heavy atom. The first-order valence-corrected chi connectivity index (χ1v) is 11.5.